The van der Waals surface area contributed by atoms with E-state index >= 15 is 0 Å². The molecule has 0 aromatic heterocycles. The highest BCUT2D eigenvalue weighted by molar-refractivity contribution is 5.75. The lowest BCUT2D eigenvalue weighted by atomic mass is 10.3. The van der Waals surface area contributed by atoms with Gasteiger partial charge < -0.3 is 25.0 Å². The minimum absolute atomic E-state index is 0.0131. The molecule has 2 aliphatic heterocycles. The number of hydrogen-bond acceptors (Lipinski definition) is 4. The summed E-state index contributed by atoms with van der Waals surface area (Å²) < 4.78 is 10.8. The number of carbonyl (C=O) groups excluding carboxylic acids is 2. The van der Waals surface area contributed by atoms with Gasteiger partial charge in [0.05, 0.1) is 19.6 Å². The number of hydrogen-bond donors (Lipinski definition) is 2. The number of para-hydroxylation sites is 1. The molecule has 2 aliphatic rings. The molecule has 2 saturated heterocycles. The molecule has 0 saturated carbocycles. The van der Waals surface area contributed by atoms with Gasteiger partial charge in [-0.25, -0.2) is 9.59 Å². The summed E-state index contributed by atoms with van der Waals surface area (Å²) in [6.45, 7) is 1.96. The van der Waals surface area contributed by atoms with Crippen LogP contribution in [0.25, 0.3) is 0 Å². The molecular formula is C15H19N3O4. The topological polar surface area (TPSA) is 79.9 Å². The highest BCUT2D eigenvalue weighted by atomic mass is 16.6. The summed E-state index contributed by atoms with van der Waals surface area (Å²) in [5, 5.41) is 5.34. The summed E-state index contributed by atoms with van der Waals surface area (Å²) in [5.41, 5.74) is 0. The Hall–Kier alpha value is -2.44. The Balaban J connectivity index is 1.42. The lowest BCUT2D eigenvalue weighted by Crippen LogP contribution is -2.43. The summed E-state index contributed by atoms with van der Waals surface area (Å²) in [5.74, 6) is 0.818. The van der Waals surface area contributed by atoms with Crippen molar-refractivity contribution in [3.63, 3.8) is 0 Å². The van der Waals surface area contributed by atoms with Crippen LogP contribution in [0.2, 0.25) is 0 Å². The zero-order valence-electron chi connectivity index (χ0n) is 12.2. The van der Waals surface area contributed by atoms with E-state index in [1.165, 1.54) is 0 Å². The highest BCUT2D eigenvalue weighted by Crippen LogP contribution is 2.17. The number of nitrogens with one attached hydrogen (secondary N) is 2. The van der Waals surface area contributed by atoms with Crippen LogP contribution in [0.15, 0.2) is 30.3 Å². The van der Waals surface area contributed by atoms with Gasteiger partial charge in [0.15, 0.2) is 0 Å². The number of ether oxygens (including phenoxy) is 2. The molecule has 1 aromatic carbocycles. The fraction of sp³-hybridized carbons (Fsp3) is 0.467. The normalized spacial score (nSPS) is 23.8. The summed E-state index contributed by atoms with van der Waals surface area (Å²) in [6, 6.07) is 9.44. The third-order valence-electron chi connectivity index (χ3n) is 3.71. The van der Waals surface area contributed by atoms with E-state index < -0.39 is 6.09 Å². The first-order valence-corrected chi connectivity index (χ1v) is 7.39. The first-order chi connectivity index (χ1) is 10.7. The molecule has 22 heavy (non-hydrogen) atoms. The average molecular weight is 305 g/mol. The molecule has 3 rings (SSSR count). The number of carbonyl (C=O) groups is 2. The van der Waals surface area contributed by atoms with Gasteiger partial charge in [0.25, 0.3) is 0 Å². The number of likely N-dealkylation sites (tertiary alicyclic amines) is 1. The molecule has 7 heteroatoms. The van der Waals surface area contributed by atoms with Crippen LogP contribution in [-0.4, -0.2) is 55.4 Å². The molecule has 0 bridgehead atoms. The van der Waals surface area contributed by atoms with E-state index in [0.717, 1.165) is 12.2 Å². The molecule has 2 atom stereocenters. The zero-order valence-corrected chi connectivity index (χ0v) is 12.2. The molecule has 2 heterocycles. The molecular weight excluding hydrogens is 286 g/mol. The van der Waals surface area contributed by atoms with Crippen molar-refractivity contribution in [1.82, 2.24) is 15.5 Å². The number of alkyl carbamates (subject to hydrolysis) is 1. The Labute approximate surface area is 128 Å². The predicted molar refractivity (Wildman–Crippen MR) is 78.7 cm³/mol. The molecule has 118 valence electrons. The second kappa shape index (κ2) is 6.55. The first-order valence-electron chi connectivity index (χ1n) is 7.39. The maximum absolute atomic E-state index is 12.1. The predicted octanol–water partition coefficient (Wildman–Crippen LogP) is 0.958. The molecule has 0 aliphatic carbocycles. The highest BCUT2D eigenvalue weighted by Gasteiger charge is 2.29. The fourth-order valence-electron chi connectivity index (χ4n) is 2.56. The Kier molecular flexibility index (Phi) is 4.32. The van der Waals surface area contributed by atoms with Crippen LogP contribution in [-0.2, 0) is 4.74 Å². The van der Waals surface area contributed by atoms with Crippen LogP contribution < -0.4 is 15.4 Å². The minimum Gasteiger partial charge on any atom is -0.489 e. The summed E-state index contributed by atoms with van der Waals surface area (Å²) in [6.07, 6.45) is 0.0914. The molecule has 0 spiro atoms. The van der Waals surface area contributed by atoms with Crippen LogP contribution in [0.1, 0.15) is 6.42 Å². The van der Waals surface area contributed by atoms with Gasteiger partial charge >= 0.3 is 12.1 Å². The Morgan fingerprint density at radius 2 is 2.23 bits per heavy atom. The van der Waals surface area contributed by atoms with Gasteiger partial charge in [-0.15, -0.1) is 0 Å². The van der Waals surface area contributed by atoms with E-state index in [0.29, 0.717) is 26.2 Å². The third kappa shape index (κ3) is 3.60. The van der Waals surface area contributed by atoms with Crippen molar-refractivity contribution in [2.45, 2.75) is 18.6 Å². The largest absolute Gasteiger partial charge is 0.489 e. The van der Waals surface area contributed by atoms with Gasteiger partial charge in [0, 0.05) is 13.0 Å². The molecule has 1 aromatic rings. The van der Waals surface area contributed by atoms with E-state index in [2.05, 4.69) is 10.6 Å². The van der Waals surface area contributed by atoms with E-state index in [4.69, 9.17) is 9.47 Å². The van der Waals surface area contributed by atoms with Gasteiger partial charge in [-0.3, -0.25) is 0 Å². The van der Waals surface area contributed by atoms with Crippen LogP contribution in [0.5, 0.6) is 5.75 Å². The van der Waals surface area contributed by atoms with Crippen LogP contribution >= 0.6 is 0 Å². The van der Waals surface area contributed by atoms with Crippen LogP contribution in [0.4, 0.5) is 9.59 Å². The lowest BCUT2D eigenvalue weighted by Gasteiger charge is -2.19. The smallest absolute Gasteiger partial charge is 0.407 e. The van der Waals surface area contributed by atoms with Crippen molar-refractivity contribution < 1.29 is 19.1 Å². The molecule has 3 amide bonds. The van der Waals surface area contributed by atoms with Crippen molar-refractivity contribution in [3.8, 4) is 5.75 Å². The van der Waals surface area contributed by atoms with Crippen molar-refractivity contribution in [3.05, 3.63) is 30.3 Å². The SMILES string of the molecule is O=C1NCC(CNC(=O)N2CC[C@@H](Oc3ccccc3)C2)O1. The number of urea groups is 1. The second-order valence-electron chi connectivity index (χ2n) is 5.38. The number of nitrogens with zero attached hydrogens (tertiary/aromatic N) is 1. The van der Waals surface area contributed by atoms with Crippen molar-refractivity contribution in [1.29, 1.82) is 0 Å². The number of cyclic esters (lactones) is 1. The second-order valence-corrected chi connectivity index (χ2v) is 5.38. The van der Waals surface area contributed by atoms with Gasteiger partial charge in [-0.05, 0) is 12.1 Å². The molecule has 1 unspecified atom stereocenters. The van der Waals surface area contributed by atoms with Crippen LogP contribution in [0, 0.1) is 0 Å². The molecule has 2 fully saturated rings. The molecule has 2 N–H and O–H groups in total. The standard InChI is InChI=1S/C15H19N3O4/c19-14(16-8-13-9-17-15(20)22-13)18-7-6-12(10-18)21-11-4-2-1-3-5-11/h1-5,12-13H,6-10H2,(H,16,19)(H,17,20)/t12-,13?/m1/s1. The Morgan fingerprint density at radius 1 is 1.41 bits per heavy atom. The molecule has 0 radical (unpaired) electrons. The van der Waals surface area contributed by atoms with Crippen molar-refractivity contribution >= 4 is 12.1 Å². The van der Waals surface area contributed by atoms with Gasteiger partial charge in [0.2, 0.25) is 0 Å². The first kappa shape index (κ1) is 14.5. The van der Waals surface area contributed by atoms with E-state index in [9.17, 15) is 9.59 Å². The lowest BCUT2D eigenvalue weighted by molar-refractivity contribution is 0.137. The van der Waals surface area contributed by atoms with Crippen molar-refractivity contribution in [2.24, 2.45) is 0 Å². The quantitative estimate of drug-likeness (QED) is 0.868. The Bertz CT molecular complexity index is 537. The number of rotatable bonds is 4. The Morgan fingerprint density at radius 3 is 2.95 bits per heavy atom. The summed E-state index contributed by atoms with van der Waals surface area (Å²) in [7, 11) is 0. The van der Waals surface area contributed by atoms with E-state index in [1.807, 2.05) is 30.3 Å². The minimum atomic E-state index is -0.434. The van der Waals surface area contributed by atoms with Crippen LogP contribution in [0.3, 0.4) is 0 Å². The van der Waals surface area contributed by atoms with Gasteiger partial charge in [0.1, 0.15) is 18.0 Å². The van der Waals surface area contributed by atoms with E-state index in [-0.39, 0.29) is 18.2 Å². The maximum atomic E-state index is 12.1. The van der Waals surface area contributed by atoms with Gasteiger partial charge in [-0.2, -0.15) is 0 Å². The maximum Gasteiger partial charge on any atom is 0.407 e. The zero-order chi connectivity index (χ0) is 15.4. The van der Waals surface area contributed by atoms with Crippen molar-refractivity contribution in [2.75, 3.05) is 26.2 Å². The fourth-order valence-corrected chi connectivity index (χ4v) is 2.56. The summed E-state index contributed by atoms with van der Waals surface area (Å²) in [4.78, 5) is 24.7. The number of amides is 3. The van der Waals surface area contributed by atoms with E-state index in [1.54, 1.807) is 4.90 Å². The third-order valence-corrected chi connectivity index (χ3v) is 3.71. The average Bonchev–Trinajstić information content (AvgIpc) is 3.15. The molecule has 7 nitrogen and oxygen atoms in total. The monoisotopic (exact) mass is 305 g/mol. The van der Waals surface area contributed by atoms with Gasteiger partial charge in [-0.1, -0.05) is 18.2 Å². The number of benzene rings is 1. The summed E-state index contributed by atoms with van der Waals surface area (Å²) >= 11 is 0.